The fraction of sp³-hybridized carbons (Fsp3) is 0.571. The van der Waals surface area contributed by atoms with Gasteiger partial charge in [-0.05, 0) is 30.5 Å². The molecular weight excluding hydrogens is 274 g/mol. The minimum absolute atomic E-state index is 0.0461. The van der Waals surface area contributed by atoms with Gasteiger partial charge in [0.05, 0.1) is 0 Å². The first-order chi connectivity index (χ1) is 9.54. The first kappa shape index (κ1) is 15.4. The molecule has 2 rings (SSSR count). The van der Waals surface area contributed by atoms with E-state index in [2.05, 4.69) is 22.2 Å². The number of hydrogen-bond donors (Lipinski definition) is 2. The summed E-state index contributed by atoms with van der Waals surface area (Å²) in [5, 5.41) is 3.37. The zero-order valence-electron chi connectivity index (χ0n) is 12.1. The summed E-state index contributed by atoms with van der Waals surface area (Å²) in [7, 11) is -1.78. The highest BCUT2D eigenvalue weighted by molar-refractivity contribution is 7.87. The molecule has 0 bridgehead atoms. The average Bonchev–Trinajstić information content (AvgIpc) is 2.45. The van der Waals surface area contributed by atoms with Gasteiger partial charge in [-0.15, -0.1) is 0 Å². The molecule has 1 aromatic rings. The van der Waals surface area contributed by atoms with Crippen molar-refractivity contribution in [2.75, 3.05) is 26.7 Å². The summed E-state index contributed by atoms with van der Waals surface area (Å²) in [6.07, 6.45) is 1.80. The summed E-state index contributed by atoms with van der Waals surface area (Å²) in [6.45, 7) is 3.76. The minimum atomic E-state index is -3.38. The molecule has 6 heteroatoms. The normalized spacial score (nSPS) is 19.1. The van der Waals surface area contributed by atoms with Crippen LogP contribution in [-0.4, -0.2) is 39.4 Å². The molecule has 0 spiro atoms. The Morgan fingerprint density at radius 1 is 1.40 bits per heavy atom. The Labute approximate surface area is 121 Å². The van der Waals surface area contributed by atoms with Crippen molar-refractivity contribution in [3.8, 4) is 0 Å². The Balaban J connectivity index is 2.02. The maximum atomic E-state index is 12.1. The third-order valence-electron chi connectivity index (χ3n) is 3.63. The fourth-order valence-electron chi connectivity index (χ4n) is 2.51. The number of rotatable bonds is 6. The number of nitrogens with zero attached hydrogens (tertiary/aromatic N) is 1. The highest BCUT2D eigenvalue weighted by atomic mass is 32.2. The van der Waals surface area contributed by atoms with Gasteiger partial charge in [0, 0.05) is 26.2 Å². The molecule has 20 heavy (non-hydrogen) atoms. The van der Waals surface area contributed by atoms with Crippen molar-refractivity contribution in [1.82, 2.24) is 14.3 Å². The molecule has 1 aromatic carbocycles. The number of benzene rings is 1. The smallest absolute Gasteiger partial charge is 0.279 e. The van der Waals surface area contributed by atoms with Crippen molar-refractivity contribution in [3.05, 3.63) is 35.4 Å². The van der Waals surface area contributed by atoms with Crippen LogP contribution in [0.15, 0.2) is 24.3 Å². The standard InChI is InChI=1S/C14H23N3O2S/c1-3-10-17(2)20(18,19)16-11-14-13-7-5-4-6-12(13)8-9-15-14/h4-7,14-16H,3,8-11H2,1-2H3. The Morgan fingerprint density at radius 3 is 2.90 bits per heavy atom. The van der Waals surface area contributed by atoms with Gasteiger partial charge in [-0.3, -0.25) is 0 Å². The first-order valence-electron chi connectivity index (χ1n) is 7.06. The molecule has 1 aliphatic heterocycles. The van der Waals surface area contributed by atoms with Gasteiger partial charge in [-0.1, -0.05) is 31.2 Å². The van der Waals surface area contributed by atoms with Crippen LogP contribution in [0.4, 0.5) is 0 Å². The summed E-state index contributed by atoms with van der Waals surface area (Å²) in [6, 6.07) is 8.25. The van der Waals surface area contributed by atoms with Crippen LogP contribution >= 0.6 is 0 Å². The van der Waals surface area contributed by atoms with Crippen molar-refractivity contribution in [2.24, 2.45) is 0 Å². The Kier molecular flexibility index (Phi) is 5.15. The molecule has 2 N–H and O–H groups in total. The van der Waals surface area contributed by atoms with E-state index in [0.717, 1.165) is 19.4 Å². The maximum absolute atomic E-state index is 12.1. The predicted octanol–water partition coefficient (Wildman–Crippen LogP) is 1.05. The lowest BCUT2D eigenvalue weighted by atomic mass is 9.95. The average molecular weight is 297 g/mol. The van der Waals surface area contributed by atoms with Crippen LogP contribution in [0.2, 0.25) is 0 Å². The van der Waals surface area contributed by atoms with E-state index in [-0.39, 0.29) is 6.04 Å². The third kappa shape index (κ3) is 3.58. The van der Waals surface area contributed by atoms with Gasteiger partial charge < -0.3 is 5.32 Å². The van der Waals surface area contributed by atoms with Crippen molar-refractivity contribution in [1.29, 1.82) is 0 Å². The topological polar surface area (TPSA) is 61.4 Å². The van der Waals surface area contributed by atoms with Gasteiger partial charge in [-0.2, -0.15) is 12.7 Å². The molecule has 0 saturated carbocycles. The van der Waals surface area contributed by atoms with Crippen LogP contribution in [0, 0.1) is 0 Å². The first-order valence-corrected chi connectivity index (χ1v) is 8.50. The summed E-state index contributed by atoms with van der Waals surface area (Å²) < 4.78 is 28.2. The van der Waals surface area contributed by atoms with Crippen LogP contribution in [0.3, 0.4) is 0 Å². The zero-order chi connectivity index (χ0) is 14.6. The lowest BCUT2D eigenvalue weighted by molar-refractivity contribution is 0.441. The molecule has 1 atom stereocenters. The molecule has 0 aromatic heterocycles. The largest absolute Gasteiger partial charge is 0.308 e. The van der Waals surface area contributed by atoms with Gasteiger partial charge in [0.15, 0.2) is 0 Å². The van der Waals surface area contributed by atoms with Crippen LogP contribution in [0.25, 0.3) is 0 Å². The lowest BCUT2D eigenvalue weighted by Crippen LogP contribution is -2.44. The Morgan fingerprint density at radius 2 is 2.15 bits per heavy atom. The van der Waals surface area contributed by atoms with Crippen LogP contribution in [-0.2, 0) is 16.6 Å². The van der Waals surface area contributed by atoms with E-state index in [4.69, 9.17) is 0 Å². The molecule has 0 radical (unpaired) electrons. The molecule has 1 heterocycles. The number of hydrogen-bond acceptors (Lipinski definition) is 3. The van der Waals surface area contributed by atoms with Crippen molar-refractivity contribution < 1.29 is 8.42 Å². The van der Waals surface area contributed by atoms with Crippen LogP contribution in [0.5, 0.6) is 0 Å². The lowest BCUT2D eigenvalue weighted by Gasteiger charge is -2.28. The van der Waals surface area contributed by atoms with Crippen LogP contribution in [0.1, 0.15) is 30.5 Å². The Bertz CT molecular complexity index is 545. The van der Waals surface area contributed by atoms with Gasteiger partial charge in [0.1, 0.15) is 0 Å². The van der Waals surface area contributed by atoms with Crippen molar-refractivity contribution in [2.45, 2.75) is 25.8 Å². The van der Waals surface area contributed by atoms with Gasteiger partial charge in [0.25, 0.3) is 10.2 Å². The maximum Gasteiger partial charge on any atom is 0.279 e. The summed E-state index contributed by atoms with van der Waals surface area (Å²) in [5.41, 5.74) is 2.50. The molecular formula is C14H23N3O2S. The van der Waals surface area contributed by atoms with Crippen LogP contribution < -0.4 is 10.0 Å². The fourth-order valence-corrected chi connectivity index (χ4v) is 3.53. The second kappa shape index (κ2) is 6.67. The SMILES string of the molecule is CCCN(C)S(=O)(=O)NCC1NCCc2ccccc21. The Hall–Kier alpha value is -0.950. The summed E-state index contributed by atoms with van der Waals surface area (Å²) in [4.78, 5) is 0. The molecule has 1 unspecified atom stereocenters. The van der Waals surface area contributed by atoms with Gasteiger partial charge in [-0.25, -0.2) is 4.72 Å². The van der Waals surface area contributed by atoms with E-state index in [0.29, 0.717) is 13.1 Å². The van der Waals surface area contributed by atoms with Crippen molar-refractivity contribution in [3.63, 3.8) is 0 Å². The van der Waals surface area contributed by atoms with E-state index >= 15 is 0 Å². The summed E-state index contributed by atoms with van der Waals surface area (Å²) in [5.74, 6) is 0. The van der Waals surface area contributed by atoms with Gasteiger partial charge in [0.2, 0.25) is 0 Å². The predicted molar refractivity (Wildman–Crippen MR) is 80.7 cm³/mol. The molecule has 5 nitrogen and oxygen atoms in total. The van der Waals surface area contributed by atoms with E-state index in [1.165, 1.54) is 15.4 Å². The highest BCUT2D eigenvalue weighted by Gasteiger charge is 2.22. The van der Waals surface area contributed by atoms with E-state index < -0.39 is 10.2 Å². The molecule has 0 saturated heterocycles. The van der Waals surface area contributed by atoms with Crippen molar-refractivity contribution >= 4 is 10.2 Å². The second-order valence-electron chi connectivity index (χ2n) is 5.13. The molecule has 0 amide bonds. The second-order valence-corrected chi connectivity index (χ2v) is 6.99. The monoisotopic (exact) mass is 297 g/mol. The summed E-state index contributed by atoms with van der Waals surface area (Å²) >= 11 is 0. The molecule has 0 aliphatic carbocycles. The molecule has 1 aliphatic rings. The molecule has 0 fully saturated rings. The third-order valence-corrected chi connectivity index (χ3v) is 5.17. The van der Waals surface area contributed by atoms with E-state index in [9.17, 15) is 8.42 Å². The quantitative estimate of drug-likeness (QED) is 0.825. The van der Waals surface area contributed by atoms with E-state index in [1.54, 1.807) is 7.05 Å². The molecule has 112 valence electrons. The number of fused-ring (bicyclic) bond motifs is 1. The zero-order valence-corrected chi connectivity index (χ0v) is 12.9. The minimum Gasteiger partial charge on any atom is -0.308 e. The van der Waals surface area contributed by atoms with Gasteiger partial charge >= 0.3 is 0 Å². The van der Waals surface area contributed by atoms with E-state index in [1.807, 2.05) is 19.1 Å². The highest BCUT2D eigenvalue weighted by Crippen LogP contribution is 2.22. The number of nitrogens with one attached hydrogen (secondary N) is 2.